The summed E-state index contributed by atoms with van der Waals surface area (Å²) in [4.78, 5) is 14.2. The zero-order valence-electron chi connectivity index (χ0n) is 15.3. The zero-order valence-corrected chi connectivity index (χ0v) is 16.9. The maximum atomic E-state index is 13.0. The molecule has 0 N–H and O–H groups in total. The van der Waals surface area contributed by atoms with Crippen LogP contribution in [0.25, 0.3) is 5.52 Å². The third-order valence-electron chi connectivity index (χ3n) is 4.76. The van der Waals surface area contributed by atoms with Gasteiger partial charge in [0.25, 0.3) is 0 Å². The molecule has 1 fully saturated rings. The van der Waals surface area contributed by atoms with Gasteiger partial charge in [0.2, 0.25) is 10.0 Å². The van der Waals surface area contributed by atoms with Crippen LogP contribution in [0.4, 0.5) is 0 Å². The number of piperazine rings is 1. The highest BCUT2D eigenvalue weighted by atomic mass is 32.2. The largest absolute Gasteiger partial charge is 0.465 e. The molecule has 0 amide bonds. The lowest BCUT2D eigenvalue weighted by atomic mass is 10.3. The highest BCUT2D eigenvalue weighted by Gasteiger charge is 2.33. The number of hydrogen-bond donors (Lipinski definition) is 0. The lowest BCUT2D eigenvalue weighted by Gasteiger charge is -2.33. The van der Waals surface area contributed by atoms with Crippen LogP contribution in [0.3, 0.4) is 0 Å². The average molecular weight is 421 g/mol. The number of ether oxygens (including phenoxy) is 1. The van der Waals surface area contributed by atoms with Gasteiger partial charge in [0.1, 0.15) is 9.77 Å². The number of rotatable bonds is 5. The van der Waals surface area contributed by atoms with E-state index in [4.69, 9.17) is 4.74 Å². The van der Waals surface area contributed by atoms with E-state index < -0.39 is 16.0 Å². The van der Waals surface area contributed by atoms with Gasteiger partial charge < -0.3 is 4.74 Å². The zero-order chi connectivity index (χ0) is 19.7. The first-order valence-corrected chi connectivity index (χ1v) is 11.1. The fraction of sp³-hybridized carbons (Fsp3) is 0.333. The van der Waals surface area contributed by atoms with E-state index in [0.717, 1.165) is 22.5 Å². The monoisotopic (exact) mass is 420 g/mol. The minimum absolute atomic E-state index is 0.0261. The molecule has 3 aromatic rings. The number of esters is 1. The fourth-order valence-electron chi connectivity index (χ4n) is 3.31. The van der Waals surface area contributed by atoms with Crippen molar-refractivity contribution in [2.45, 2.75) is 11.4 Å². The molecule has 0 aliphatic carbocycles. The van der Waals surface area contributed by atoms with Crippen molar-refractivity contribution in [3.63, 3.8) is 0 Å². The molecule has 4 rings (SSSR count). The summed E-state index contributed by atoms with van der Waals surface area (Å²) in [6, 6.07) is 9.41. The SMILES string of the molecule is COC(=O)c1sccc1S(=O)(=O)N1CCN(Cc2cc3ccccn3n2)CC1. The van der Waals surface area contributed by atoms with Crippen molar-refractivity contribution in [2.24, 2.45) is 0 Å². The van der Waals surface area contributed by atoms with E-state index in [-0.39, 0.29) is 9.77 Å². The lowest BCUT2D eigenvalue weighted by molar-refractivity contribution is 0.0602. The van der Waals surface area contributed by atoms with Crippen molar-refractivity contribution in [1.82, 2.24) is 18.8 Å². The Hall–Kier alpha value is -2.27. The summed E-state index contributed by atoms with van der Waals surface area (Å²) < 4.78 is 33.9. The Bertz CT molecular complexity index is 1060. The molecule has 0 atom stereocenters. The quantitative estimate of drug-likeness (QED) is 0.584. The van der Waals surface area contributed by atoms with Crippen molar-refractivity contribution in [3.8, 4) is 0 Å². The Morgan fingerprint density at radius 3 is 2.71 bits per heavy atom. The Kier molecular flexibility index (Phi) is 5.19. The molecule has 1 aliphatic heterocycles. The van der Waals surface area contributed by atoms with Gasteiger partial charge in [-0.2, -0.15) is 9.40 Å². The van der Waals surface area contributed by atoms with Crippen LogP contribution in [-0.2, 0) is 21.3 Å². The number of methoxy groups -OCH3 is 1. The van der Waals surface area contributed by atoms with E-state index in [1.165, 1.54) is 17.5 Å². The Labute approximate surface area is 167 Å². The predicted octanol–water partition coefficient (Wildman–Crippen LogP) is 1.69. The summed E-state index contributed by atoms with van der Waals surface area (Å²) in [6.07, 6.45) is 1.91. The number of hydrogen-bond acceptors (Lipinski definition) is 7. The number of carbonyl (C=O) groups is 1. The maximum absolute atomic E-state index is 13.0. The van der Waals surface area contributed by atoms with Crippen molar-refractivity contribution in [1.29, 1.82) is 0 Å². The third kappa shape index (κ3) is 3.55. The highest BCUT2D eigenvalue weighted by molar-refractivity contribution is 7.89. The number of fused-ring (bicyclic) bond motifs is 1. The van der Waals surface area contributed by atoms with Gasteiger partial charge in [0.15, 0.2) is 0 Å². The molecule has 0 bridgehead atoms. The van der Waals surface area contributed by atoms with Crippen LogP contribution in [0.5, 0.6) is 0 Å². The molecule has 4 heterocycles. The van der Waals surface area contributed by atoms with Crippen LogP contribution in [0.1, 0.15) is 15.4 Å². The van der Waals surface area contributed by atoms with E-state index in [2.05, 4.69) is 10.00 Å². The van der Waals surface area contributed by atoms with Gasteiger partial charge in [-0.15, -0.1) is 11.3 Å². The lowest BCUT2D eigenvalue weighted by Crippen LogP contribution is -2.48. The molecule has 28 heavy (non-hydrogen) atoms. The predicted molar refractivity (Wildman–Crippen MR) is 105 cm³/mol. The first kappa shape index (κ1) is 19.1. The highest BCUT2D eigenvalue weighted by Crippen LogP contribution is 2.27. The molecular formula is C18H20N4O4S2. The number of pyridine rings is 1. The van der Waals surface area contributed by atoms with Crippen LogP contribution in [0, 0.1) is 0 Å². The molecule has 10 heteroatoms. The van der Waals surface area contributed by atoms with Crippen molar-refractivity contribution in [3.05, 3.63) is 52.5 Å². The molecule has 148 valence electrons. The average Bonchev–Trinajstić information content (AvgIpc) is 3.34. The molecular weight excluding hydrogens is 400 g/mol. The summed E-state index contributed by atoms with van der Waals surface area (Å²) in [7, 11) is -2.48. The fourth-order valence-corrected chi connectivity index (χ4v) is 6.04. The number of carbonyl (C=O) groups excluding carboxylic acids is 1. The van der Waals surface area contributed by atoms with Gasteiger partial charge in [0.05, 0.1) is 18.3 Å². The first-order chi connectivity index (χ1) is 13.5. The Balaban J connectivity index is 1.43. The van der Waals surface area contributed by atoms with E-state index in [0.29, 0.717) is 32.7 Å². The van der Waals surface area contributed by atoms with Gasteiger partial charge in [-0.3, -0.25) is 4.90 Å². The second-order valence-corrected chi connectivity index (χ2v) is 9.31. The molecule has 3 aromatic heterocycles. The van der Waals surface area contributed by atoms with Gasteiger partial charge in [0, 0.05) is 38.9 Å². The molecule has 0 unspecified atom stereocenters. The topological polar surface area (TPSA) is 84.2 Å². The first-order valence-electron chi connectivity index (χ1n) is 8.80. The van der Waals surface area contributed by atoms with Gasteiger partial charge in [-0.05, 0) is 29.6 Å². The van der Waals surface area contributed by atoms with Crippen LogP contribution in [0.15, 0.2) is 46.8 Å². The minimum atomic E-state index is -3.72. The van der Waals surface area contributed by atoms with E-state index in [1.807, 2.05) is 35.0 Å². The summed E-state index contributed by atoms with van der Waals surface area (Å²) in [5.74, 6) is -0.626. The van der Waals surface area contributed by atoms with Crippen LogP contribution < -0.4 is 0 Å². The second-order valence-electron chi connectivity index (χ2n) is 6.49. The van der Waals surface area contributed by atoms with Gasteiger partial charge in [-0.1, -0.05) is 6.07 Å². The second kappa shape index (κ2) is 7.63. The van der Waals surface area contributed by atoms with Gasteiger partial charge >= 0.3 is 5.97 Å². The summed E-state index contributed by atoms with van der Waals surface area (Å²) in [5, 5.41) is 6.14. The van der Waals surface area contributed by atoms with Crippen molar-refractivity contribution in [2.75, 3.05) is 33.3 Å². The van der Waals surface area contributed by atoms with Crippen molar-refractivity contribution < 1.29 is 17.9 Å². The van der Waals surface area contributed by atoms with Crippen LogP contribution >= 0.6 is 11.3 Å². The summed E-state index contributed by atoms with van der Waals surface area (Å²) in [5.41, 5.74) is 1.99. The van der Waals surface area contributed by atoms with Crippen LogP contribution in [-0.4, -0.2) is 66.5 Å². The summed E-state index contributed by atoms with van der Waals surface area (Å²) in [6.45, 7) is 2.61. The molecule has 0 saturated carbocycles. The Morgan fingerprint density at radius 2 is 2.00 bits per heavy atom. The maximum Gasteiger partial charge on any atom is 0.349 e. The van der Waals surface area contributed by atoms with E-state index in [1.54, 1.807) is 5.38 Å². The van der Waals surface area contributed by atoms with Crippen LogP contribution in [0.2, 0.25) is 0 Å². The molecule has 1 aliphatic rings. The number of aromatic nitrogens is 2. The van der Waals surface area contributed by atoms with E-state index >= 15 is 0 Å². The van der Waals surface area contributed by atoms with Crippen molar-refractivity contribution >= 4 is 32.8 Å². The molecule has 0 spiro atoms. The normalized spacial score (nSPS) is 16.5. The van der Waals surface area contributed by atoms with E-state index in [9.17, 15) is 13.2 Å². The molecule has 1 saturated heterocycles. The van der Waals surface area contributed by atoms with Gasteiger partial charge in [-0.25, -0.2) is 17.7 Å². The Morgan fingerprint density at radius 1 is 1.21 bits per heavy atom. The summed E-state index contributed by atoms with van der Waals surface area (Å²) >= 11 is 1.08. The minimum Gasteiger partial charge on any atom is -0.465 e. The number of nitrogens with zero attached hydrogens (tertiary/aromatic N) is 4. The third-order valence-corrected chi connectivity index (χ3v) is 7.72. The molecule has 8 nitrogen and oxygen atoms in total. The number of thiophene rings is 1. The smallest absolute Gasteiger partial charge is 0.349 e. The molecule has 0 radical (unpaired) electrons. The standard InChI is InChI=1S/C18H20N4O4S2/c1-26-18(23)17-16(5-11-27-17)28(24,25)21-9-7-20(8-10-21)13-14-12-15-4-2-3-6-22(15)19-14/h2-6,11-12H,7-10,13H2,1H3. The number of sulfonamides is 1. The molecule has 0 aromatic carbocycles.